The van der Waals surface area contributed by atoms with Crippen LogP contribution < -0.4 is 15.4 Å². The molecule has 0 unspecified atom stereocenters. The van der Waals surface area contributed by atoms with Gasteiger partial charge in [-0.25, -0.2) is 9.78 Å². The first kappa shape index (κ1) is 20.1. The molecule has 29 heavy (non-hydrogen) atoms. The van der Waals surface area contributed by atoms with Crippen molar-refractivity contribution in [2.75, 3.05) is 30.9 Å². The molecule has 2 N–H and O–H groups in total. The van der Waals surface area contributed by atoms with E-state index in [2.05, 4.69) is 20.6 Å². The third-order valence-corrected chi connectivity index (χ3v) is 4.20. The van der Waals surface area contributed by atoms with Crippen LogP contribution in [0, 0.1) is 0 Å². The summed E-state index contributed by atoms with van der Waals surface area (Å²) in [5.41, 5.74) is 2.24. The molecule has 1 aromatic heterocycles. The smallest absolute Gasteiger partial charge is 0.340 e. The van der Waals surface area contributed by atoms with Crippen LogP contribution in [0.5, 0.6) is 5.75 Å². The normalized spacial score (nSPS) is 10.3. The van der Waals surface area contributed by atoms with Crippen molar-refractivity contribution >= 4 is 23.4 Å². The Labute approximate surface area is 170 Å². The van der Waals surface area contributed by atoms with Crippen molar-refractivity contribution in [2.45, 2.75) is 13.3 Å². The van der Waals surface area contributed by atoms with Crippen molar-refractivity contribution in [1.82, 2.24) is 9.97 Å². The van der Waals surface area contributed by atoms with Crippen LogP contribution in [0.25, 0.3) is 0 Å². The van der Waals surface area contributed by atoms with Crippen molar-refractivity contribution in [2.24, 2.45) is 0 Å². The molecule has 0 aliphatic rings. The summed E-state index contributed by atoms with van der Waals surface area (Å²) in [7, 11) is 1.66. The molecule has 0 amide bonds. The van der Waals surface area contributed by atoms with E-state index < -0.39 is 0 Å². The Morgan fingerprint density at radius 1 is 1.07 bits per heavy atom. The number of nitrogens with one attached hydrogen (secondary N) is 2. The molecule has 1 heterocycles. The molecule has 0 aliphatic carbocycles. The molecule has 2 aromatic carbocycles. The molecule has 0 saturated carbocycles. The van der Waals surface area contributed by atoms with Gasteiger partial charge in [0.2, 0.25) is 5.95 Å². The maximum atomic E-state index is 12.1. The lowest BCUT2D eigenvalue weighted by molar-refractivity contribution is 0.0527. The second kappa shape index (κ2) is 10.1. The molecule has 7 heteroatoms. The van der Waals surface area contributed by atoms with E-state index in [-0.39, 0.29) is 5.97 Å². The fourth-order valence-corrected chi connectivity index (χ4v) is 2.74. The van der Waals surface area contributed by atoms with Crippen LogP contribution in [0.4, 0.5) is 17.5 Å². The molecule has 3 rings (SSSR count). The summed E-state index contributed by atoms with van der Waals surface area (Å²) in [5, 5.41) is 6.39. The third-order valence-electron chi connectivity index (χ3n) is 4.20. The van der Waals surface area contributed by atoms with Gasteiger partial charge in [-0.1, -0.05) is 24.3 Å². The SMILES string of the molecule is CCOC(=O)c1ccccc1Nc1nccc(NCCc2ccc(OC)cc2)n1. The Hall–Kier alpha value is -3.61. The number of carbonyl (C=O) groups excluding carboxylic acids is 1. The standard InChI is InChI=1S/C22H24N4O3/c1-3-29-21(27)18-6-4-5-7-19(18)25-22-24-15-13-20(26-22)23-14-12-16-8-10-17(28-2)11-9-16/h4-11,13,15H,3,12,14H2,1-2H3,(H2,23,24,25,26). The molecule has 150 valence electrons. The number of benzene rings is 2. The van der Waals surface area contributed by atoms with Crippen LogP contribution in [0.15, 0.2) is 60.8 Å². The van der Waals surface area contributed by atoms with Crippen molar-refractivity contribution < 1.29 is 14.3 Å². The van der Waals surface area contributed by atoms with E-state index in [4.69, 9.17) is 9.47 Å². The van der Waals surface area contributed by atoms with Gasteiger partial charge in [-0.2, -0.15) is 4.98 Å². The zero-order chi connectivity index (χ0) is 20.5. The monoisotopic (exact) mass is 392 g/mol. The number of methoxy groups -OCH3 is 1. The Bertz CT molecular complexity index is 945. The van der Waals surface area contributed by atoms with Crippen molar-refractivity contribution in [1.29, 1.82) is 0 Å². The van der Waals surface area contributed by atoms with Crippen LogP contribution in [-0.2, 0) is 11.2 Å². The number of ether oxygens (including phenoxy) is 2. The number of nitrogens with zero attached hydrogens (tertiary/aromatic N) is 2. The molecule has 3 aromatic rings. The van der Waals surface area contributed by atoms with Gasteiger partial charge in [-0.15, -0.1) is 0 Å². The number of hydrogen-bond acceptors (Lipinski definition) is 7. The molecule has 0 fully saturated rings. The van der Waals surface area contributed by atoms with E-state index in [1.54, 1.807) is 44.5 Å². The highest BCUT2D eigenvalue weighted by molar-refractivity contribution is 5.96. The van der Waals surface area contributed by atoms with Crippen LogP contribution in [-0.4, -0.2) is 36.2 Å². The van der Waals surface area contributed by atoms with E-state index in [0.717, 1.165) is 18.7 Å². The second-order valence-corrected chi connectivity index (χ2v) is 6.18. The summed E-state index contributed by atoms with van der Waals surface area (Å²) in [4.78, 5) is 20.8. The van der Waals surface area contributed by atoms with Gasteiger partial charge in [0.15, 0.2) is 0 Å². The van der Waals surface area contributed by atoms with Gasteiger partial charge in [0.1, 0.15) is 11.6 Å². The molecule has 0 saturated heterocycles. The minimum absolute atomic E-state index is 0.317. The predicted octanol–water partition coefficient (Wildman–Crippen LogP) is 4.06. The molecular weight excluding hydrogens is 368 g/mol. The number of aromatic nitrogens is 2. The molecule has 0 atom stereocenters. The summed E-state index contributed by atoms with van der Waals surface area (Å²) in [6.45, 7) is 2.82. The minimum atomic E-state index is -0.385. The average molecular weight is 392 g/mol. The second-order valence-electron chi connectivity index (χ2n) is 6.18. The molecular formula is C22H24N4O3. The number of para-hydroxylation sites is 1. The van der Waals surface area contributed by atoms with Crippen molar-refractivity contribution in [3.8, 4) is 5.75 Å². The van der Waals surface area contributed by atoms with Crippen molar-refractivity contribution in [3.05, 3.63) is 71.9 Å². The molecule has 0 aliphatic heterocycles. The first-order chi connectivity index (χ1) is 14.2. The van der Waals surface area contributed by atoms with Gasteiger partial charge in [0, 0.05) is 12.7 Å². The lowest BCUT2D eigenvalue weighted by Gasteiger charge is -2.11. The van der Waals surface area contributed by atoms with Gasteiger partial charge in [-0.05, 0) is 49.2 Å². The Morgan fingerprint density at radius 3 is 2.62 bits per heavy atom. The minimum Gasteiger partial charge on any atom is -0.497 e. The number of hydrogen-bond donors (Lipinski definition) is 2. The molecule has 0 radical (unpaired) electrons. The highest BCUT2D eigenvalue weighted by Gasteiger charge is 2.12. The van der Waals surface area contributed by atoms with Crippen LogP contribution in [0.1, 0.15) is 22.8 Å². The highest BCUT2D eigenvalue weighted by Crippen LogP contribution is 2.20. The zero-order valence-corrected chi connectivity index (χ0v) is 16.5. The number of carbonyl (C=O) groups is 1. The average Bonchev–Trinajstić information content (AvgIpc) is 2.75. The quantitative estimate of drug-likeness (QED) is 0.531. The maximum absolute atomic E-state index is 12.1. The first-order valence-electron chi connectivity index (χ1n) is 9.42. The fourth-order valence-electron chi connectivity index (χ4n) is 2.74. The van der Waals surface area contributed by atoms with Crippen LogP contribution >= 0.6 is 0 Å². The summed E-state index contributed by atoms with van der Waals surface area (Å²) in [5.74, 6) is 1.56. The van der Waals surface area contributed by atoms with Gasteiger partial charge < -0.3 is 20.1 Å². The summed E-state index contributed by atoms with van der Waals surface area (Å²) in [6, 6.07) is 16.9. The van der Waals surface area contributed by atoms with Crippen LogP contribution in [0.2, 0.25) is 0 Å². The van der Waals surface area contributed by atoms with E-state index in [1.165, 1.54) is 5.56 Å². The van der Waals surface area contributed by atoms with Gasteiger partial charge in [0.25, 0.3) is 0 Å². The van der Waals surface area contributed by atoms with E-state index >= 15 is 0 Å². The van der Waals surface area contributed by atoms with E-state index in [9.17, 15) is 4.79 Å². The third kappa shape index (κ3) is 5.68. The van der Waals surface area contributed by atoms with Gasteiger partial charge >= 0.3 is 5.97 Å². The highest BCUT2D eigenvalue weighted by atomic mass is 16.5. The summed E-state index contributed by atoms with van der Waals surface area (Å²) in [6.07, 6.45) is 2.51. The number of anilines is 3. The molecule has 0 spiro atoms. The summed E-state index contributed by atoms with van der Waals surface area (Å²) >= 11 is 0. The molecule has 7 nitrogen and oxygen atoms in total. The first-order valence-corrected chi connectivity index (χ1v) is 9.42. The lowest BCUT2D eigenvalue weighted by Crippen LogP contribution is -2.10. The van der Waals surface area contributed by atoms with Gasteiger partial charge in [0.05, 0.1) is 25.0 Å². The van der Waals surface area contributed by atoms with Crippen LogP contribution in [0.3, 0.4) is 0 Å². The Morgan fingerprint density at radius 2 is 1.86 bits per heavy atom. The number of esters is 1. The number of rotatable bonds is 9. The van der Waals surface area contributed by atoms with E-state index in [1.807, 2.05) is 30.3 Å². The zero-order valence-electron chi connectivity index (χ0n) is 16.5. The Kier molecular flexibility index (Phi) is 7.00. The largest absolute Gasteiger partial charge is 0.497 e. The molecule has 0 bridgehead atoms. The fraction of sp³-hybridized carbons (Fsp3) is 0.227. The topological polar surface area (TPSA) is 85.4 Å². The van der Waals surface area contributed by atoms with Gasteiger partial charge in [-0.3, -0.25) is 0 Å². The van der Waals surface area contributed by atoms with E-state index in [0.29, 0.717) is 29.6 Å². The summed E-state index contributed by atoms with van der Waals surface area (Å²) < 4.78 is 10.3. The maximum Gasteiger partial charge on any atom is 0.340 e. The van der Waals surface area contributed by atoms with Crippen molar-refractivity contribution in [3.63, 3.8) is 0 Å². The predicted molar refractivity (Wildman–Crippen MR) is 113 cm³/mol. The Balaban J connectivity index is 1.62. The lowest BCUT2D eigenvalue weighted by atomic mass is 10.1.